The summed E-state index contributed by atoms with van der Waals surface area (Å²) in [6, 6.07) is 5.27. The van der Waals surface area contributed by atoms with E-state index in [1.54, 1.807) is 6.92 Å². The third-order valence-corrected chi connectivity index (χ3v) is 4.19. The van der Waals surface area contributed by atoms with E-state index in [-0.39, 0.29) is 35.8 Å². The van der Waals surface area contributed by atoms with E-state index in [0.717, 1.165) is 6.42 Å². The van der Waals surface area contributed by atoms with Gasteiger partial charge in [-0.2, -0.15) is 8.78 Å². The summed E-state index contributed by atoms with van der Waals surface area (Å²) in [7, 11) is 0. The molecular weight excluding hydrogens is 336 g/mol. The van der Waals surface area contributed by atoms with Crippen molar-refractivity contribution in [1.82, 2.24) is 0 Å². The highest BCUT2D eigenvalue weighted by atomic mass is 19.3. The summed E-state index contributed by atoms with van der Waals surface area (Å²) in [6.45, 7) is 3.93. The minimum Gasteiger partial charge on any atom is -0.491 e. The molecule has 25 heavy (non-hydrogen) atoms. The average molecular weight is 354 g/mol. The van der Waals surface area contributed by atoms with Gasteiger partial charge in [-0.3, -0.25) is 0 Å². The van der Waals surface area contributed by atoms with Crippen LogP contribution in [0.3, 0.4) is 0 Å². The lowest BCUT2D eigenvalue weighted by molar-refractivity contribution is 0.0392. The Morgan fingerprint density at radius 1 is 0.840 bits per heavy atom. The predicted octanol–water partition coefficient (Wildman–Crippen LogP) is 5.66. The van der Waals surface area contributed by atoms with Crippen molar-refractivity contribution in [3.63, 3.8) is 0 Å². The van der Waals surface area contributed by atoms with Gasteiger partial charge in [0.05, 0.1) is 24.3 Å². The number of benzene rings is 2. The first-order chi connectivity index (χ1) is 11.9. The number of fused-ring (bicyclic) bond motifs is 3. The number of hydrogen-bond donors (Lipinski definition) is 0. The summed E-state index contributed by atoms with van der Waals surface area (Å²) < 4.78 is 69.2. The highest BCUT2D eigenvalue weighted by Gasteiger charge is 2.50. The van der Waals surface area contributed by atoms with Gasteiger partial charge in [-0.05, 0) is 48.7 Å². The van der Waals surface area contributed by atoms with E-state index in [2.05, 4.69) is 0 Å². The molecule has 2 aromatic carbocycles. The molecule has 0 N–H and O–H groups in total. The van der Waals surface area contributed by atoms with E-state index in [1.165, 1.54) is 24.3 Å². The van der Waals surface area contributed by atoms with Crippen LogP contribution in [0.25, 0.3) is 11.1 Å². The lowest BCUT2D eigenvalue weighted by atomic mass is 10.0. The van der Waals surface area contributed by atoms with Crippen LogP contribution in [0.15, 0.2) is 24.3 Å². The normalized spacial score (nSPS) is 14.2. The summed E-state index contributed by atoms with van der Waals surface area (Å²) in [5.41, 5.74) is -1.75. The zero-order chi connectivity index (χ0) is 18.2. The molecule has 0 saturated heterocycles. The first-order valence-corrected chi connectivity index (χ1v) is 8.23. The van der Waals surface area contributed by atoms with Crippen LogP contribution in [-0.2, 0) is 5.92 Å². The minimum absolute atomic E-state index is 0.0257. The van der Waals surface area contributed by atoms with Crippen LogP contribution in [0.1, 0.15) is 37.8 Å². The van der Waals surface area contributed by atoms with Crippen molar-refractivity contribution >= 4 is 0 Å². The van der Waals surface area contributed by atoms with Gasteiger partial charge < -0.3 is 9.47 Å². The molecule has 0 atom stereocenters. The summed E-state index contributed by atoms with van der Waals surface area (Å²) in [5, 5.41) is 0. The van der Waals surface area contributed by atoms with Crippen molar-refractivity contribution in [3.05, 3.63) is 47.0 Å². The molecule has 0 saturated carbocycles. The smallest absolute Gasteiger partial charge is 0.305 e. The van der Waals surface area contributed by atoms with Gasteiger partial charge in [-0.1, -0.05) is 13.3 Å². The molecule has 0 fully saturated rings. The van der Waals surface area contributed by atoms with Crippen LogP contribution in [0.4, 0.5) is 17.6 Å². The number of hydrogen-bond acceptors (Lipinski definition) is 2. The zero-order valence-corrected chi connectivity index (χ0v) is 14.0. The number of rotatable bonds is 6. The second kappa shape index (κ2) is 6.58. The fraction of sp³-hybridized carbons (Fsp3) is 0.368. The highest BCUT2D eigenvalue weighted by Crippen LogP contribution is 2.55. The summed E-state index contributed by atoms with van der Waals surface area (Å²) in [4.78, 5) is 0. The second-order valence-electron chi connectivity index (χ2n) is 5.81. The fourth-order valence-electron chi connectivity index (χ4n) is 3.01. The fourth-order valence-corrected chi connectivity index (χ4v) is 3.01. The topological polar surface area (TPSA) is 18.5 Å². The molecule has 134 valence electrons. The molecule has 0 aliphatic heterocycles. The van der Waals surface area contributed by atoms with Gasteiger partial charge in [-0.25, -0.2) is 8.78 Å². The molecule has 2 aromatic rings. The lowest BCUT2D eigenvalue weighted by Gasteiger charge is -2.16. The van der Waals surface area contributed by atoms with Crippen LogP contribution >= 0.6 is 0 Å². The second-order valence-corrected chi connectivity index (χ2v) is 5.81. The number of halogens is 4. The van der Waals surface area contributed by atoms with E-state index in [9.17, 15) is 17.6 Å². The van der Waals surface area contributed by atoms with Gasteiger partial charge in [0, 0.05) is 0 Å². The Balaban J connectivity index is 2.11. The quantitative estimate of drug-likeness (QED) is 0.492. The van der Waals surface area contributed by atoms with Gasteiger partial charge in [0.2, 0.25) is 0 Å². The molecule has 0 aromatic heterocycles. The summed E-state index contributed by atoms with van der Waals surface area (Å²) in [5.74, 6) is -6.62. The predicted molar refractivity (Wildman–Crippen MR) is 86.4 cm³/mol. The molecule has 0 heterocycles. The largest absolute Gasteiger partial charge is 0.491 e. The molecule has 1 aliphatic rings. The summed E-state index contributed by atoms with van der Waals surface area (Å²) in [6.07, 6.45) is 1.51. The first kappa shape index (κ1) is 17.6. The Bertz CT molecular complexity index is 802. The van der Waals surface area contributed by atoms with E-state index >= 15 is 0 Å². The van der Waals surface area contributed by atoms with Crippen LogP contribution in [0.2, 0.25) is 0 Å². The van der Waals surface area contributed by atoms with Gasteiger partial charge in [0.15, 0.2) is 23.1 Å². The maximum Gasteiger partial charge on any atom is 0.305 e. The first-order valence-electron chi connectivity index (χ1n) is 8.23. The van der Waals surface area contributed by atoms with Crippen molar-refractivity contribution in [3.8, 4) is 22.6 Å². The maximum atomic E-state index is 14.8. The van der Waals surface area contributed by atoms with Crippen LogP contribution in [-0.4, -0.2) is 13.2 Å². The minimum atomic E-state index is -3.80. The Hall–Kier alpha value is -2.24. The Labute approximate surface area is 143 Å². The molecule has 0 amide bonds. The molecule has 0 spiro atoms. The summed E-state index contributed by atoms with van der Waals surface area (Å²) >= 11 is 0. The molecule has 1 aliphatic carbocycles. The van der Waals surface area contributed by atoms with Gasteiger partial charge >= 0.3 is 5.92 Å². The molecule has 6 heteroatoms. The molecule has 0 bridgehead atoms. The molecule has 3 rings (SSSR count). The Kier molecular flexibility index (Phi) is 4.62. The van der Waals surface area contributed by atoms with E-state index in [4.69, 9.17) is 9.47 Å². The van der Waals surface area contributed by atoms with Crippen molar-refractivity contribution in [1.29, 1.82) is 0 Å². The molecule has 0 radical (unpaired) electrons. The molecular formula is C19H18F4O2. The van der Waals surface area contributed by atoms with Crippen molar-refractivity contribution < 1.29 is 27.0 Å². The van der Waals surface area contributed by atoms with Crippen LogP contribution < -0.4 is 9.47 Å². The number of alkyl halides is 2. The number of ether oxygens (including phenoxy) is 2. The SMILES string of the molecule is CCCCOc1ccc2c(c1F)C(F)(F)c1c-2ccc(OCC)c1F. The van der Waals surface area contributed by atoms with Crippen LogP contribution in [0, 0.1) is 11.6 Å². The van der Waals surface area contributed by atoms with E-state index < -0.39 is 28.7 Å². The molecule has 0 unspecified atom stereocenters. The Morgan fingerprint density at radius 3 is 1.84 bits per heavy atom. The van der Waals surface area contributed by atoms with Crippen molar-refractivity contribution in [2.45, 2.75) is 32.6 Å². The van der Waals surface area contributed by atoms with Crippen molar-refractivity contribution in [2.75, 3.05) is 13.2 Å². The highest BCUT2D eigenvalue weighted by molar-refractivity contribution is 5.81. The van der Waals surface area contributed by atoms with Crippen molar-refractivity contribution in [2.24, 2.45) is 0 Å². The van der Waals surface area contributed by atoms with E-state index in [0.29, 0.717) is 6.42 Å². The maximum absolute atomic E-state index is 14.8. The lowest BCUT2D eigenvalue weighted by Crippen LogP contribution is -2.16. The van der Waals surface area contributed by atoms with Gasteiger partial charge in [0.25, 0.3) is 0 Å². The number of unbranched alkanes of at least 4 members (excludes halogenated alkanes) is 1. The average Bonchev–Trinajstić information content (AvgIpc) is 2.81. The zero-order valence-electron chi connectivity index (χ0n) is 14.0. The van der Waals surface area contributed by atoms with Gasteiger partial charge in [0.1, 0.15) is 0 Å². The third kappa shape index (κ3) is 2.73. The van der Waals surface area contributed by atoms with Crippen LogP contribution in [0.5, 0.6) is 11.5 Å². The van der Waals surface area contributed by atoms with E-state index in [1.807, 2.05) is 6.92 Å². The third-order valence-electron chi connectivity index (χ3n) is 4.19. The Morgan fingerprint density at radius 2 is 1.36 bits per heavy atom. The standard InChI is InChI=1S/C19H18F4O2/c1-3-5-10-25-14-9-7-12-11-6-8-13(24-4-2)17(20)15(11)19(22,23)16(12)18(14)21/h6-9H,3-5,10H2,1-2H3. The molecule has 2 nitrogen and oxygen atoms in total. The monoisotopic (exact) mass is 354 g/mol. The van der Waals surface area contributed by atoms with Gasteiger partial charge in [-0.15, -0.1) is 0 Å².